The number of benzene rings is 1. The van der Waals surface area contributed by atoms with Crippen LogP contribution in [0.1, 0.15) is 5.56 Å². The second-order valence-corrected chi connectivity index (χ2v) is 2.75. The lowest BCUT2D eigenvalue weighted by Crippen LogP contribution is -1.73. The Hall–Kier alpha value is -1.36. The third-order valence-corrected chi connectivity index (χ3v) is 1.60. The van der Waals surface area contributed by atoms with Crippen molar-refractivity contribution < 1.29 is 4.79 Å². The predicted octanol–water partition coefficient (Wildman–Crippen LogP) is 2.40. The zero-order chi connectivity index (χ0) is 9.52. The van der Waals surface area contributed by atoms with Crippen LogP contribution >= 0.6 is 15.9 Å². The topological polar surface area (TPSA) is 29.4 Å². The Morgan fingerprint density at radius 3 is 3.00 bits per heavy atom. The molecule has 0 fully saturated rings. The van der Waals surface area contributed by atoms with Crippen molar-refractivity contribution in [1.82, 2.24) is 0 Å². The molecule has 0 bridgehead atoms. The molecule has 0 radical (unpaired) electrons. The van der Waals surface area contributed by atoms with E-state index in [0.29, 0.717) is 11.0 Å². The second-order valence-electron chi connectivity index (χ2n) is 2.19. The minimum absolute atomic E-state index is 0.580. The summed E-state index contributed by atoms with van der Waals surface area (Å²) in [5, 5.41) is 0.633. The first-order valence-corrected chi connectivity index (χ1v) is 4.71. The van der Waals surface area contributed by atoms with E-state index in [1.807, 2.05) is 6.07 Å². The smallest absolute Gasteiger partial charge is 0.211 e. The van der Waals surface area contributed by atoms with Gasteiger partial charge in [-0.2, -0.15) is 4.99 Å². The molecule has 13 heavy (non-hydrogen) atoms. The summed E-state index contributed by atoms with van der Waals surface area (Å²) >= 11 is 3.20. The van der Waals surface area contributed by atoms with Crippen molar-refractivity contribution in [3.63, 3.8) is 0 Å². The molecule has 0 spiro atoms. The molecular formula is C10H6BrNO. The molecule has 0 aliphatic heterocycles. The molecule has 0 aliphatic rings. The molecule has 64 valence electrons. The molecule has 0 aliphatic carbocycles. The summed E-state index contributed by atoms with van der Waals surface area (Å²) in [7, 11) is 0. The average molecular weight is 236 g/mol. The second kappa shape index (κ2) is 5.31. The lowest BCUT2D eigenvalue weighted by atomic mass is 10.2. The molecule has 0 unspecified atom stereocenters. The Labute approximate surface area is 84.8 Å². The highest BCUT2D eigenvalue weighted by molar-refractivity contribution is 9.09. The fraction of sp³-hybridized carbons (Fsp3) is 0.100. The van der Waals surface area contributed by atoms with Gasteiger partial charge in [-0.1, -0.05) is 33.8 Å². The van der Waals surface area contributed by atoms with E-state index < -0.39 is 0 Å². The van der Waals surface area contributed by atoms with Crippen LogP contribution in [0.4, 0.5) is 5.69 Å². The first kappa shape index (κ1) is 9.73. The van der Waals surface area contributed by atoms with Crippen molar-refractivity contribution in [2.75, 3.05) is 5.33 Å². The number of rotatable bonds is 1. The van der Waals surface area contributed by atoms with Crippen LogP contribution < -0.4 is 0 Å². The van der Waals surface area contributed by atoms with Crippen molar-refractivity contribution in [1.29, 1.82) is 0 Å². The van der Waals surface area contributed by atoms with Gasteiger partial charge >= 0.3 is 0 Å². The third kappa shape index (κ3) is 3.25. The third-order valence-electron chi connectivity index (χ3n) is 1.32. The highest BCUT2D eigenvalue weighted by atomic mass is 79.9. The monoisotopic (exact) mass is 235 g/mol. The number of hydrogen-bond donors (Lipinski definition) is 0. The number of hydrogen-bond acceptors (Lipinski definition) is 2. The van der Waals surface area contributed by atoms with Crippen LogP contribution in [-0.4, -0.2) is 11.4 Å². The molecule has 1 aromatic carbocycles. The molecule has 3 heteroatoms. The molecule has 0 saturated heterocycles. The standard InChI is InChI=1S/C10H6BrNO/c11-6-2-4-9-3-1-5-10(7-9)12-8-13/h1,3,5,7H,6H2. The molecule has 1 aromatic rings. The van der Waals surface area contributed by atoms with Crippen LogP contribution in [0.15, 0.2) is 29.3 Å². The Morgan fingerprint density at radius 1 is 1.46 bits per heavy atom. The van der Waals surface area contributed by atoms with Gasteiger partial charge in [0.15, 0.2) is 0 Å². The van der Waals surface area contributed by atoms with Gasteiger partial charge in [-0.3, -0.25) is 0 Å². The lowest BCUT2D eigenvalue weighted by molar-refractivity contribution is 0.565. The zero-order valence-corrected chi connectivity index (χ0v) is 8.34. The molecule has 0 N–H and O–H groups in total. The van der Waals surface area contributed by atoms with E-state index in [1.54, 1.807) is 18.2 Å². The molecule has 0 amide bonds. The Kier molecular flexibility index (Phi) is 3.98. The van der Waals surface area contributed by atoms with Gasteiger partial charge < -0.3 is 0 Å². The van der Waals surface area contributed by atoms with Gasteiger partial charge in [-0.15, -0.1) is 0 Å². The van der Waals surface area contributed by atoms with Gasteiger partial charge in [-0.25, -0.2) is 4.79 Å². The summed E-state index contributed by atoms with van der Waals surface area (Å²) in [4.78, 5) is 13.5. The van der Waals surface area contributed by atoms with Gasteiger partial charge in [0.1, 0.15) is 0 Å². The first-order chi connectivity index (χ1) is 6.36. The Balaban J connectivity index is 2.98. The maximum absolute atomic E-state index is 9.96. The van der Waals surface area contributed by atoms with Crippen molar-refractivity contribution >= 4 is 27.7 Å². The fourth-order valence-corrected chi connectivity index (χ4v) is 0.982. The van der Waals surface area contributed by atoms with Crippen LogP contribution in [0.3, 0.4) is 0 Å². The minimum atomic E-state index is 0.580. The normalized spacial score (nSPS) is 8.08. The molecule has 0 saturated carbocycles. The van der Waals surface area contributed by atoms with Crippen LogP contribution in [-0.2, 0) is 4.79 Å². The van der Waals surface area contributed by atoms with Crippen LogP contribution in [0.5, 0.6) is 0 Å². The average Bonchev–Trinajstić information content (AvgIpc) is 2.16. The summed E-state index contributed by atoms with van der Waals surface area (Å²) in [6, 6.07) is 7.12. The molecular weight excluding hydrogens is 230 g/mol. The van der Waals surface area contributed by atoms with E-state index in [1.165, 1.54) is 6.08 Å². The zero-order valence-electron chi connectivity index (χ0n) is 6.75. The van der Waals surface area contributed by atoms with Crippen molar-refractivity contribution in [3.05, 3.63) is 29.8 Å². The number of aliphatic imine (C=N–C) groups is 1. The molecule has 0 aromatic heterocycles. The van der Waals surface area contributed by atoms with Crippen molar-refractivity contribution in [3.8, 4) is 11.8 Å². The van der Waals surface area contributed by atoms with E-state index in [2.05, 4.69) is 32.8 Å². The molecule has 2 nitrogen and oxygen atoms in total. The van der Waals surface area contributed by atoms with Gasteiger partial charge in [0.2, 0.25) is 6.08 Å². The first-order valence-electron chi connectivity index (χ1n) is 3.59. The van der Waals surface area contributed by atoms with Gasteiger partial charge in [0, 0.05) is 5.56 Å². The molecule has 0 heterocycles. The highest BCUT2D eigenvalue weighted by Gasteiger charge is 1.89. The Morgan fingerprint density at radius 2 is 2.31 bits per heavy atom. The maximum atomic E-state index is 9.96. The fourth-order valence-electron chi connectivity index (χ4n) is 0.841. The number of nitrogens with zero attached hydrogens (tertiary/aromatic N) is 1. The quantitative estimate of drug-likeness (QED) is 0.318. The number of alkyl halides is 1. The van der Waals surface area contributed by atoms with Gasteiger partial charge in [0.25, 0.3) is 0 Å². The molecule has 1 rings (SSSR count). The van der Waals surface area contributed by atoms with Crippen LogP contribution in [0.2, 0.25) is 0 Å². The van der Waals surface area contributed by atoms with Crippen LogP contribution in [0.25, 0.3) is 0 Å². The Bertz CT molecular complexity index is 397. The summed E-state index contributed by atoms with van der Waals surface area (Å²) in [6.45, 7) is 0. The van der Waals surface area contributed by atoms with Crippen LogP contribution in [0, 0.1) is 11.8 Å². The van der Waals surface area contributed by atoms with Crippen molar-refractivity contribution in [2.45, 2.75) is 0 Å². The number of isocyanates is 1. The van der Waals surface area contributed by atoms with Gasteiger partial charge in [0.05, 0.1) is 11.0 Å². The number of carbonyl (C=O) groups excluding carboxylic acids is 1. The largest absolute Gasteiger partial charge is 0.240 e. The summed E-state index contributed by atoms with van der Waals surface area (Å²) < 4.78 is 0. The minimum Gasteiger partial charge on any atom is -0.211 e. The van der Waals surface area contributed by atoms with E-state index in [0.717, 1.165) is 5.56 Å². The van der Waals surface area contributed by atoms with E-state index in [-0.39, 0.29) is 0 Å². The summed E-state index contributed by atoms with van der Waals surface area (Å²) in [5.41, 5.74) is 1.42. The lowest BCUT2D eigenvalue weighted by Gasteiger charge is -1.90. The highest BCUT2D eigenvalue weighted by Crippen LogP contribution is 2.12. The predicted molar refractivity (Wildman–Crippen MR) is 54.9 cm³/mol. The van der Waals surface area contributed by atoms with E-state index in [9.17, 15) is 4.79 Å². The summed E-state index contributed by atoms with van der Waals surface area (Å²) in [5.74, 6) is 5.77. The van der Waals surface area contributed by atoms with Gasteiger partial charge in [-0.05, 0) is 18.2 Å². The number of halogens is 1. The van der Waals surface area contributed by atoms with Crippen molar-refractivity contribution in [2.24, 2.45) is 4.99 Å². The van der Waals surface area contributed by atoms with E-state index >= 15 is 0 Å². The molecule has 0 atom stereocenters. The SMILES string of the molecule is O=C=Nc1cccc(C#CCBr)c1. The van der Waals surface area contributed by atoms with E-state index in [4.69, 9.17) is 0 Å². The maximum Gasteiger partial charge on any atom is 0.240 e. The summed E-state index contributed by atoms with van der Waals surface area (Å²) in [6.07, 6.45) is 1.48.